The van der Waals surface area contributed by atoms with Gasteiger partial charge >= 0.3 is 0 Å². The molecule has 3 rings (SSSR count). The van der Waals surface area contributed by atoms with E-state index in [4.69, 9.17) is 9.88 Å². The molecule has 0 saturated heterocycles. The second-order valence-electron chi connectivity index (χ2n) is 6.07. The number of halogens is 1. The van der Waals surface area contributed by atoms with Crippen molar-refractivity contribution in [3.63, 3.8) is 0 Å². The number of nitrogens with zero attached hydrogens (tertiary/aromatic N) is 1. The van der Waals surface area contributed by atoms with Crippen LogP contribution < -0.4 is 9.88 Å². The number of hydrogen-bond donors (Lipinski definition) is 1. The molecule has 0 aliphatic carbocycles. The molecule has 6 nitrogen and oxygen atoms in total. The summed E-state index contributed by atoms with van der Waals surface area (Å²) in [6, 6.07) is 16.9. The molecule has 1 aromatic heterocycles. The number of primary sulfonamides is 1. The van der Waals surface area contributed by atoms with Gasteiger partial charge in [0.15, 0.2) is 5.78 Å². The number of pyridine rings is 1. The Morgan fingerprint density at radius 3 is 2.63 bits per heavy atom. The number of ether oxygens (including phenoxy) is 1. The van der Waals surface area contributed by atoms with Crippen LogP contribution in [0, 0.1) is 0 Å². The molecule has 0 amide bonds. The summed E-state index contributed by atoms with van der Waals surface area (Å²) in [5.41, 5.74) is 2.38. The van der Waals surface area contributed by atoms with E-state index in [9.17, 15) is 13.2 Å². The molecule has 1 heterocycles. The van der Waals surface area contributed by atoms with Gasteiger partial charge in [0.05, 0.1) is 15.7 Å². The van der Waals surface area contributed by atoms with Crippen LogP contribution in [0.15, 0.2) is 59.1 Å². The monoisotopic (exact) mass is 448 g/mol. The predicted octanol–water partition coefficient (Wildman–Crippen LogP) is 2.98. The highest BCUT2D eigenvalue weighted by atomic mass is 79.9. The lowest BCUT2D eigenvalue weighted by atomic mass is 10.1. The van der Waals surface area contributed by atoms with Crippen LogP contribution >= 0.6 is 15.9 Å². The second kappa shape index (κ2) is 8.16. The van der Waals surface area contributed by atoms with Crippen molar-refractivity contribution in [1.82, 2.24) is 4.98 Å². The van der Waals surface area contributed by atoms with Gasteiger partial charge < -0.3 is 4.74 Å². The summed E-state index contributed by atoms with van der Waals surface area (Å²) >= 11 is 3.41. The normalized spacial score (nSPS) is 11.5. The fraction of sp³-hybridized carbons (Fsp3) is 0.158. The average molecular weight is 449 g/mol. The Hall–Kier alpha value is -2.29. The number of carbonyl (C=O) groups is 1. The Morgan fingerprint density at radius 1 is 1.11 bits per heavy atom. The van der Waals surface area contributed by atoms with Crippen LogP contribution in [0.25, 0.3) is 10.9 Å². The summed E-state index contributed by atoms with van der Waals surface area (Å²) < 4.78 is 28.4. The predicted molar refractivity (Wildman–Crippen MR) is 107 cm³/mol. The van der Waals surface area contributed by atoms with Gasteiger partial charge in [0.1, 0.15) is 18.1 Å². The number of aromatic nitrogens is 1. The van der Waals surface area contributed by atoms with Gasteiger partial charge in [-0.3, -0.25) is 4.79 Å². The van der Waals surface area contributed by atoms with E-state index in [1.54, 1.807) is 18.2 Å². The zero-order valence-electron chi connectivity index (χ0n) is 14.3. The lowest BCUT2D eigenvalue weighted by molar-refractivity contribution is -0.116. The fourth-order valence-electron chi connectivity index (χ4n) is 2.61. The molecular formula is C19H17BrN2O4S. The van der Waals surface area contributed by atoms with Gasteiger partial charge in [0.2, 0.25) is 10.0 Å². The van der Waals surface area contributed by atoms with E-state index in [0.717, 1.165) is 16.6 Å². The Bertz CT molecular complexity index is 1100. The van der Waals surface area contributed by atoms with Crippen LogP contribution in [-0.4, -0.2) is 24.9 Å². The lowest BCUT2D eigenvalue weighted by Crippen LogP contribution is -2.24. The first-order valence-electron chi connectivity index (χ1n) is 8.08. The minimum absolute atomic E-state index is 0.0124. The van der Waals surface area contributed by atoms with Crippen molar-refractivity contribution in [2.24, 2.45) is 5.14 Å². The quantitative estimate of drug-likeness (QED) is 0.598. The summed E-state index contributed by atoms with van der Waals surface area (Å²) in [5, 5.41) is 5.96. The fourth-order valence-corrected chi connectivity index (χ4v) is 3.71. The Morgan fingerprint density at radius 2 is 1.89 bits per heavy atom. The van der Waals surface area contributed by atoms with Crippen molar-refractivity contribution < 1.29 is 17.9 Å². The molecule has 0 bridgehead atoms. The van der Waals surface area contributed by atoms with Crippen LogP contribution in [0.1, 0.15) is 11.3 Å². The topological polar surface area (TPSA) is 99.4 Å². The summed E-state index contributed by atoms with van der Waals surface area (Å²) in [6.45, 7) is 0.299. The standard InChI is InChI=1S/C19H17BrN2O4S/c20-17-10-13(9-16(23)12-27(21,24)25)5-8-19(17)26-11-15-7-6-14-3-1-2-4-18(14)22-15/h1-8,10H,9,11-12H2,(H2,21,24,25). The van der Waals surface area contributed by atoms with Crippen LogP contribution in [0.4, 0.5) is 0 Å². The van der Waals surface area contributed by atoms with Crippen molar-refractivity contribution in [2.45, 2.75) is 13.0 Å². The molecule has 140 valence electrons. The zero-order chi connectivity index (χ0) is 19.4. The largest absolute Gasteiger partial charge is 0.486 e. The van der Waals surface area contributed by atoms with Crippen molar-refractivity contribution >= 4 is 42.6 Å². The summed E-state index contributed by atoms with van der Waals surface area (Å²) in [6.07, 6.45) is -0.0124. The molecule has 27 heavy (non-hydrogen) atoms. The van der Waals surface area contributed by atoms with Gasteiger partial charge in [0.25, 0.3) is 0 Å². The molecule has 0 aliphatic heterocycles. The number of para-hydroxylation sites is 1. The maximum absolute atomic E-state index is 11.7. The smallest absolute Gasteiger partial charge is 0.216 e. The summed E-state index contributed by atoms with van der Waals surface area (Å²) in [7, 11) is -3.81. The number of hydrogen-bond acceptors (Lipinski definition) is 5. The Labute approximate surface area is 165 Å². The van der Waals surface area contributed by atoms with E-state index in [-0.39, 0.29) is 6.42 Å². The first-order valence-corrected chi connectivity index (χ1v) is 10.6. The van der Waals surface area contributed by atoms with E-state index >= 15 is 0 Å². The van der Waals surface area contributed by atoms with E-state index in [0.29, 0.717) is 22.4 Å². The highest BCUT2D eigenvalue weighted by molar-refractivity contribution is 9.10. The van der Waals surface area contributed by atoms with Crippen molar-refractivity contribution in [3.05, 3.63) is 70.3 Å². The van der Waals surface area contributed by atoms with Crippen LogP contribution in [0.3, 0.4) is 0 Å². The number of Topliss-reactive ketones (excluding diaryl/α,β-unsaturated/α-hetero) is 1. The summed E-state index contributed by atoms with van der Waals surface area (Å²) in [5.74, 6) is -0.526. The molecule has 2 N–H and O–H groups in total. The highest BCUT2D eigenvalue weighted by Crippen LogP contribution is 2.27. The minimum Gasteiger partial charge on any atom is -0.486 e. The first-order chi connectivity index (χ1) is 12.8. The number of benzene rings is 2. The van der Waals surface area contributed by atoms with Gasteiger partial charge in [-0.15, -0.1) is 0 Å². The molecule has 0 fully saturated rings. The van der Waals surface area contributed by atoms with Crippen molar-refractivity contribution in [1.29, 1.82) is 0 Å². The number of nitrogens with two attached hydrogens (primary N) is 1. The molecule has 0 spiro atoms. The van der Waals surface area contributed by atoms with Gasteiger partial charge in [-0.2, -0.15) is 0 Å². The van der Waals surface area contributed by atoms with E-state index in [1.807, 2.05) is 36.4 Å². The Kier molecular flexibility index (Phi) is 5.88. The number of sulfonamides is 1. The molecule has 0 radical (unpaired) electrons. The molecular weight excluding hydrogens is 432 g/mol. The van der Waals surface area contributed by atoms with Crippen molar-refractivity contribution in [2.75, 3.05) is 5.75 Å². The highest BCUT2D eigenvalue weighted by Gasteiger charge is 2.13. The summed E-state index contributed by atoms with van der Waals surface area (Å²) in [4.78, 5) is 16.3. The second-order valence-corrected chi connectivity index (χ2v) is 8.54. The molecule has 2 aromatic carbocycles. The first kappa shape index (κ1) is 19.5. The molecule has 8 heteroatoms. The molecule has 3 aromatic rings. The van der Waals surface area contributed by atoms with Gasteiger partial charge in [-0.25, -0.2) is 18.5 Å². The maximum Gasteiger partial charge on any atom is 0.216 e. The third-order valence-corrected chi connectivity index (χ3v) is 5.14. The number of ketones is 1. The number of fused-ring (bicyclic) bond motifs is 1. The minimum atomic E-state index is -3.81. The third-order valence-electron chi connectivity index (χ3n) is 3.79. The van der Waals surface area contributed by atoms with Crippen LogP contribution in [0.5, 0.6) is 5.75 Å². The van der Waals surface area contributed by atoms with Crippen molar-refractivity contribution in [3.8, 4) is 5.75 Å². The maximum atomic E-state index is 11.7. The molecule has 0 saturated carbocycles. The Balaban J connectivity index is 1.66. The van der Waals surface area contributed by atoms with Gasteiger partial charge in [-0.1, -0.05) is 30.3 Å². The van der Waals surface area contributed by atoms with Crippen LogP contribution in [0.2, 0.25) is 0 Å². The SMILES string of the molecule is NS(=O)(=O)CC(=O)Cc1ccc(OCc2ccc3ccccc3n2)c(Br)c1. The molecule has 0 atom stereocenters. The number of carbonyl (C=O) groups excluding carboxylic acids is 1. The molecule has 0 aliphatic rings. The van der Waals surface area contributed by atoms with Gasteiger partial charge in [0, 0.05) is 11.8 Å². The van der Waals surface area contributed by atoms with E-state index in [2.05, 4.69) is 20.9 Å². The van der Waals surface area contributed by atoms with Gasteiger partial charge in [-0.05, 0) is 45.8 Å². The average Bonchev–Trinajstić information content (AvgIpc) is 2.59. The lowest BCUT2D eigenvalue weighted by Gasteiger charge is -2.10. The molecule has 0 unspecified atom stereocenters. The number of rotatable bonds is 7. The van der Waals surface area contributed by atoms with E-state index < -0.39 is 21.6 Å². The third kappa shape index (κ3) is 5.59. The van der Waals surface area contributed by atoms with Crippen LogP contribution in [-0.2, 0) is 27.8 Å². The van der Waals surface area contributed by atoms with E-state index in [1.165, 1.54) is 0 Å². The zero-order valence-corrected chi connectivity index (χ0v) is 16.7.